The van der Waals surface area contributed by atoms with Crippen LogP contribution in [0, 0.1) is 5.92 Å². The summed E-state index contributed by atoms with van der Waals surface area (Å²) in [6.45, 7) is 8.91. The molecule has 1 N–H and O–H groups in total. The molecule has 0 unspecified atom stereocenters. The number of anilines is 1. The fraction of sp³-hybridized carbons (Fsp3) is 0.406. The van der Waals surface area contributed by atoms with Crippen LogP contribution in [0.4, 0.5) is 5.95 Å². The molecule has 4 aromatic rings. The van der Waals surface area contributed by atoms with Gasteiger partial charge in [-0.25, -0.2) is 4.98 Å². The molecule has 8 heteroatoms. The van der Waals surface area contributed by atoms with Gasteiger partial charge in [0.05, 0.1) is 16.8 Å². The smallest absolute Gasteiger partial charge is 0.237 e. The quantitative estimate of drug-likeness (QED) is 0.205. The third-order valence-corrected chi connectivity index (χ3v) is 8.16. The van der Waals surface area contributed by atoms with Crippen molar-refractivity contribution >= 4 is 17.9 Å². The highest BCUT2D eigenvalue weighted by Crippen LogP contribution is 2.37. The predicted molar refractivity (Wildman–Crippen MR) is 164 cm³/mol. The molecule has 1 aliphatic heterocycles. The molecule has 0 aliphatic carbocycles. The lowest BCUT2D eigenvalue weighted by molar-refractivity contribution is 0.255. The van der Waals surface area contributed by atoms with Gasteiger partial charge in [0, 0.05) is 24.4 Å². The molecule has 0 atom stereocenters. The molecule has 5 rings (SSSR count). The summed E-state index contributed by atoms with van der Waals surface area (Å²) >= 11 is 1.45. The lowest BCUT2D eigenvalue weighted by Gasteiger charge is -2.29. The van der Waals surface area contributed by atoms with Crippen LogP contribution in [0.1, 0.15) is 56.2 Å². The standard InChI is InChI=1S/C32H40N6OS/c1-6-28-30(29-13-8-7-10-25(29)18-22(2)3)34-32(36-40-27-20-33-38(5)21-27)35-31(28)39-26-12-9-11-24(19-26)23-14-16-37(4)17-15-23/h7-13,19-23H,6,14-18H2,1-5H3,(H,34,35,36). The fourth-order valence-electron chi connectivity index (χ4n) is 5.35. The Bertz CT molecular complexity index is 1430. The Hall–Kier alpha value is -3.36. The number of hydrogen-bond acceptors (Lipinski definition) is 7. The topological polar surface area (TPSA) is 68.1 Å². The Kier molecular flexibility index (Phi) is 9.07. The van der Waals surface area contributed by atoms with Gasteiger partial charge >= 0.3 is 0 Å². The molecule has 3 heterocycles. The van der Waals surface area contributed by atoms with Crippen molar-refractivity contribution in [3.05, 3.63) is 77.6 Å². The van der Waals surface area contributed by atoms with Crippen LogP contribution in [0.2, 0.25) is 0 Å². The Morgan fingerprint density at radius 1 is 1.05 bits per heavy atom. The molecule has 0 saturated carbocycles. The molecular formula is C32H40N6OS. The summed E-state index contributed by atoms with van der Waals surface area (Å²) in [6.07, 6.45) is 7.86. The number of aryl methyl sites for hydroxylation is 1. The van der Waals surface area contributed by atoms with Crippen molar-refractivity contribution in [1.29, 1.82) is 0 Å². The summed E-state index contributed by atoms with van der Waals surface area (Å²) in [5.41, 5.74) is 5.69. The van der Waals surface area contributed by atoms with Crippen LogP contribution in [0.5, 0.6) is 11.6 Å². The van der Waals surface area contributed by atoms with Crippen molar-refractivity contribution in [2.24, 2.45) is 13.0 Å². The molecule has 2 aromatic heterocycles. The number of ether oxygens (including phenoxy) is 1. The first-order chi connectivity index (χ1) is 19.4. The zero-order chi connectivity index (χ0) is 28.1. The Balaban J connectivity index is 1.52. The second kappa shape index (κ2) is 12.9. The minimum Gasteiger partial charge on any atom is -0.439 e. The van der Waals surface area contributed by atoms with E-state index < -0.39 is 0 Å². The highest BCUT2D eigenvalue weighted by Gasteiger charge is 2.21. The number of likely N-dealkylation sites (tertiary alicyclic amines) is 1. The van der Waals surface area contributed by atoms with E-state index >= 15 is 0 Å². The summed E-state index contributed by atoms with van der Waals surface area (Å²) in [5.74, 6) is 3.02. The summed E-state index contributed by atoms with van der Waals surface area (Å²) < 4.78 is 11.7. The summed E-state index contributed by atoms with van der Waals surface area (Å²) in [4.78, 5) is 13.3. The zero-order valence-corrected chi connectivity index (χ0v) is 25.0. The fourth-order valence-corrected chi connectivity index (χ4v) is 5.95. The normalized spacial score (nSPS) is 14.6. The Morgan fingerprint density at radius 3 is 2.58 bits per heavy atom. The maximum atomic E-state index is 6.61. The number of aromatic nitrogens is 4. The molecule has 7 nitrogen and oxygen atoms in total. The van der Waals surface area contributed by atoms with Crippen LogP contribution in [-0.4, -0.2) is 44.8 Å². The van der Waals surface area contributed by atoms with Crippen LogP contribution in [0.15, 0.2) is 65.8 Å². The lowest BCUT2D eigenvalue weighted by Crippen LogP contribution is -2.29. The van der Waals surface area contributed by atoms with Crippen molar-refractivity contribution in [2.75, 3.05) is 24.9 Å². The largest absolute Gasteiger partial charge is 0.439 e. The van der Waals surface area contributed by atoms with E-state index in [4.69, 9.17) is 14.7 Å². The summed E-state index contributed by atoms with van der Waals surface area (Å²) in [7, 11) is 4.11. The van der Waals surface area contributed by atoms with E-state index in [0.717, 1.165) is 53.4 Å². The second-order valence-electron chi connectivity index (χ2n) is 11.1. The maximum absolute atomic E-state index is 6.61. The van der Waals surface area contributed by atoms with Crippen LogP contribution in [0.25, 0.3) is 11.3 Å². The summed E-state index contributed by atoms with van der Waals surface area (Å²) in [5, 5.41) is 4.27. The third-order valence-electron chi connectivity index (χ3n) is 7.43. The molecule has 210 valence electrons. The third kappa shape index (κ3) is 6.85. The van der Waals surface area contributed by atoms with Crippen molar-refractivity contribution in [1.82, 2.24) is 24.6 Å². The molecule has 1 fully saturated rings. The highest BCUT2D eigenvalue weighted by atomic mass is 32.2. The lowest BCUT2D eigenvalue weighted by atomic mass is 9.89. The van der Waals surface area contributed by atoms with Gasteiger partial charge < -0.3 is 9.64 Å². The van der Waals surface area contributed by atoms with Crippen molar-refractivity contribution in [3.8, 4) is 22.9 Å². The highest BCUT2D eigenvalue weighted by molar-refractivity contribution is 8.00. The molecule has 0 bridgehead atoms. The number of nitrogens with one attached hydrogen (secondary N) is 1. The zero-order valence-electron chi connectivity index (χ0n) is 24.2. The van der Waals surface area contributed by atoms with Crippen LogP contribution in [0.3, 0.4) is 0 Å². The maximum Gasteiger partial charge on any atom is 0.237 e. The van der Waals surface area contributed by atoms with Gasteiger partial charge in [-0.2, -0.15) is 10.1 Å². The van der Waals surface area contributed by atoms with Gasteiger partial charge in [-0.3, -0.25) is 9.40 Å². The number of piperidine rings is 1. The molecule has 2 aromatic carbocycles. The number of nitrogens with zero attached hydrogens (tertiary/aromatic N) is 5. The SMILES string of the molecule is CCc1c(Oc2cccc(C3CCN(C)CC3)c2)nc(NSc2cnn(C)c2)nc1-c1ccccc1CC(C)C. The monoisotopic (exact) mass is 556 g/mol. The van der Waals surface area contributed by atoms with Gasteiger partial charge in [0.25, 0.3) is 0 Å². The van der Waals surface area contributed by atoms with Gasteiger partial charge in [-0.1, -0.05) is 57.2 Å². The van der Waals surface area contributed by atoms with Crippen molar-refractivity contribution in [3.63, 3.8) is 0 Å². The minimum atomic E-state index is 0.516. The summed E-state index contributed by atoms with van der Waals surface area (Å²) in [6, 6.07) is 17.1. The number of rotatable bonds is 10. The van der Waals surface area contributed by atoms with Crippen LogP contribution >= 0.6 is 11.9 Å². The van der Waals surface area contributed by atoms with Gasteiger partial charge in [-0.05, 0) is 92.9 Å². The van der Waals surface area contributed by atoms with Crippen LogP contribution in [-0.2, 0) is 19.9 Å². The van der Waals surface area contributed by atoms with E-state index in [2.05, 4.69) is 85.0 Å². The van der Waals surface area contributed by atoms with Gasteiger partial charge in [-0.15, -0.1) is 0 Å². The van der Waals surface area contributed by atoms with Crippen LogP contribution < -0.4 is 9.46 Å². The number of hydrogen-bond donors (Lipinski definition) is 1. The molecular weight excluding hydrogens is 516 g/mol. The van der Waals surface area contributed by atoms with Crippen molar-refractivity contribution in [2.45, 2.75) is 57.3 Å². The predicted octanol–water partition coefficient (Wildman–Crippen LogP) is 7.36. The molecule has 1 aliphatic rings. The van der Waals surface area contributed by atoms with E-state index in [1.807, 2.05) is 25.5 Å². The van der Waals surface area contributed by atoms with E-state index in [0.29, 0.717) is 23.7 Å². The molecule has 1 saturated heterocycles. The van der Waals surface area contributed by atoms with Crippen molar-refractivity contribution < 1.29 is 4.74 Å². The van der Waals surface area contributed by atoms with Gasteiger partial charge in [0.1, 0.15) is 5.75 Å². The minimum absolute atomic E-state index is 0.516. The number of benzene rings is 2. The first-order valence-corrected chi connectivity index (χ1v) is 15.1. The Morgan fingerprint density at radius 2 is 1.85 bits per heavy atom. The van der Waals surface area contributed by atoms with E-state index in [-0.39, 0.29) is 0 Å². The molecule has 0 spiro atoms. The van der Waals surface area contributed by atoms with E-state index in [1.165, 1.54) is 35.9 Å². The molecule has 0 radical (unpaired) electrons. The second-order valence-corrected chi connectivity index (χ2v) is 12.0. The van der Waals surface area contributed by atoms with E-state index in [1.54, 1.807) is 4.68 Å². The van der Waals surface area contributed by atoms with E-state index in [9.17, 15) is 0 Å². The first kappa shape index (κ1) is 28.2. The first-order valence-electron chi connectivity index (χ1n) is 14.3. The average molecular weight is 557 g/mol. The Labute approximate surface area is 242 Å². The van der Waals surface area contributed by atoms with Gasteiger partial charge in [0.2, 0.25) is 11.8 Å². The molecule has 40 heavy (non-hydrogen) atoms. The average Bonchev–Trinajstić information content (AvgIpc) is 3.37. The van der Waals surface area contributed by atoms with Gasteiger partial charge in [0.15, 0.2) is 0 Å². The molecule has 0 amide bonds.